The summed E-state index contributed by atoms with van der Waals surface area (Å²) in [5.41, 5.74) is 0.744. The van der Waals surface area contributed by atoms with Gasteiger partial charge >= 0.3 is 11.9 Å². The molecule has 0 fully saturated rings. The fraction of sp³-hybridized carbons (Fsp3) is 0.333. The lowest BCUT2D eigenvalue weighted by Gasteiger charge is -2.15. The van der Waals surface area contributed by atoms with Crippen LogP contribution in [0.15, 0.2) is 18.2 Å². The number of rotatable bonds is 5. The number of carbonyl (C=O) groups excluding carboxylic acids is 1. The zero-order chi connectivity index (χ0) is 13.7. The van der Waals surface area contributed by atoms with Crippen molar-refractivity contribution in [2.75, 3.05) is 19.5 Å². The Kier molecular flexibility index (Phi) is 4.53. The summed E-state index contributed by atoms with van der Waals surface area (Å²) in [4.78, 5) is 22.2. The van der Waals surface area contributed by atoms with Gasteiger partial charge in [-0.3, -0.25) is 4.79 Å². The van der Waals surface area contributed by atoms with Crippen molar-refractivity contribution in [2.45, 2.75) is 13.0 Å². The lowest BCUT2D eigenvalue weighted by atomic mass is 10.1. The number of nitrogens with one attached hydrogen (secondary N) is 1. The van der Waals surface area contributed by atoms with Crippen LogP contribution in [-0.4, -0.2) is 37.3 Å². The van der Waals surface area contributed by atoms with Crippen molar-refractivity contribution in [2.24, 2.45) is 0 Å². The fourth-order valence-corrected chi connectivity index (χ4v) is 1.36. The van der Waals surface area contributed by atoms with Crippen LogP contribution < -0.4 is 10.1 Å². The lowest BCUT2D eigenvalue weighted by molar-refractivity contribution is -0.137. The molecule has 0 saturated carbocycles. The third kappa shape index (κ3) is 3.13. The van der Waals surface area contributed by atoms with Crippen LogP contribution in [0.4, 0.5) is 5.69 Å². The molecule has 0 bridgehead atoms. The molecule has 98 valence electrons. The molecule has 1 aromatic carbocycles. The first kappa shape index (κ1) is 13.8. The first-order valence-electron chi connectivity index (χ1n) is 5.25. The molecule has 1 atom stereocenters. The molecule has 6 heteroatoms. The van der Waals surface area contributed by atoms with Crippen molar-refractivity contribution in [3.05, 3.63) is 23.8 Å². The Balaban J connectivity index is 3.06. The van der Waals surface area contributed by atoms with Gasteiger partial charge in [-0.25, -0.2) is 4.79 Å². The van der Waals surface area contributed by atoms with Gasteiger partial charge in [-0.2, -0.15) is 0 Å². The smallest absolute Gasteiger partial charge is 0.337 e. The molecule has 0 spiro atoms. The van der Waals surface area contributed by atoms with E-state index in [2.05, 4.69) is 10.1 Å². The van der Waals surface area contributed by atoms with Crippen molar-refractivity contribution >= 4 is 17.6 Å². The fourth-order valence-electron chi connectivity index (χ4n) is 1.36. The number of esters is 1. The quantitative estimate of drug-likeness (QED) is 0.771. The summed E-state index contributed by atoms with van der Waals surface area (Å²) < 4.78 is 9.68. The zero-order valence-corrected chi connectivity index (χ0v) is 10.4. The number of hydrogen-bond donors (Lipinski definition) is 2. The van der Waals surface area contributed by atoms with Crippen LogP contribution in [0.1, 0.15) is 17.3 Å². The number of carbonyl (C=O) groups is 2. The molecule has 0 aliphatic carbocycles. The minimum atomic E-state index is -1.000. The van der Waals surface area contributed by atoms with Crippen molar-refractivity contribution in [3.63, 3.8) is 0 Å². The van der Waals surface area contributed by atoms with E-state index in [1.54, 1.807) is 12.1 Å². The molecule has 0 amide bonds. The van der Waals surface area contributed by atoms with E-state index in [-0.39, 0.29) is 0 Å². The van der Waals surface area contributed by atoms with E-state index < -0.39 is 18.0 Å². The van der Waals surface area contributed by atoms with Crippen LogP contribution in [0.5, 0.6) is 5.75 Å². The maximum absolute atomic E-state index is 11.4. The Bertz CT molecular complexity index is 458. The average Bonchev–Trinajstić information content (AvgIpc) is 2.37. The Morgan fingerprint density at radius 1 is 1.33 bits per heavy atom. The van der Waals surface area contributed by atoms with E-state index >= 15 is 0 Å². The number of hydrogen-bond acceptors (Lipinski definition) is 5. The Hall–Kier alpha value is -2.24. The van der Waals surface area contributed by atoms with Crippen molar-refractivity contribution in [1.29, 1.82) is 0 Å². The van der Waals surface area contributed by atoms with E-state index in [0.717, 1.165) is 0 Å². The number of carboxylic acids is 1. The minimum absolute atomic E-state index is 0.318. The number of methoxy groups -OCH3 is 2. The molecule has 0 radical (unpaired) electrons. The van der Waals surface area contributed by atoms with Gasteiger partial charge < -0.3 is 19.9 Å². The summed E-state index contributed by atoms with van der Waals surface area (Å²) >= 11 is 0. The molecule has 0 aromatic heterocycles. The zero-order valence-electron chi connectivity index (χ0n) is 10.4. The Morgan fingerprint density at radius 3 is 2.50 bits per heavy atom. The summed E-state index contributed by atoms with van der Waals surface area (Å²) in [6.45, 7) is 1.49. The van der Waals surface area contributed by atoms with Crippen molar-refractivity contribution < 1.29 is 24.2 Å². The van der Waals surface area contributed by atoms with Gasteiger partial charge in [0.25, 0.3) is 0 Å². The van der Waals surface area contributed by atoms with Crippen molar-refractivity contribution in [1.82, 2.24) is 0 Å². The highest BCUT2D eigenvalue weighted by molar-refractivity contribution is 5.91. The van der Waals surface area contributed by atoms with Gasteiger partial charge in [-0.1, -0.05) is 0 Å². The topological polar surface area (TPSA) is 84.9 Å². The lowest BCUT2D eigenvalue weighted by Crippen LogP contribution is -2.25. The van der Waals surface area contributed by atoms with Crippen LogP contribution in [0.2, 0.25) is 0 Å². The highest BCUT2D eigenvalue weighted by Gasteiger charge is 2.15. The van der Waals surface area contributed by atoms with E-state index in [0.29, 0.717) is 17.0 Å². The molecule has 0 heterocycles. The molecule has 1 aromatic rings. The summed E-state index contributed by atoms with van der Waals surface area (Å²) in [6, 6.07) is 3.81. The number of aliphatic carboxylic acids is 1. The summed E-state index contributed by atoms with van der Waals surface area (Å²) in [6.07, 6.45) is 0. The van der Waals surface area contributed by atoms with Gasteiger partial charge in [0.1, 0.15) is 11.8 Å². The van der Waals surface area contributed by atoms with Crippen molar-refractivity contribution in [3.8, 4) is 5.75 Å². The number of carboxylic acid groups (broad SMARTS) is 1. The van der Waals surface area contributed by atoms with Crippen LogP contribution >= 0.6 is 0 Å². The molecule has 0 aliphatic rings. The van der Waals surface area contributed by atoms with E-state index in [1.165, 1.54) is 27.2 Å². The van der Waals surface area contributed by atoms with Gasteiger partial charge in [0.2, 0.25) is 0 Å². The molecule has 0 aliphatic heterocycles. The number of ether oxygens (including phenoxy) is 2. The molecule has 0 saturated heterocycles. The van der Waals surface area contributed by atoms with Crippen LogP contribution in [0.3, 0.4) is 0 Å². The maximum Gasteiger partial charge on any atom is 0.337 e. The summed E-state index contributed by atoms with van der Waals surface area (Å²) in [5.74, 6) is -1.04. The average molecular weight is 253 g/mol. The predicted molar refractivity (Wildman–Crippen MR) is 65.1 cm³/mol. The number of benzene rings is 1. The molecule has 2 N–H and O–H groups in total. The maximum atomic E-state index is 11.4. The monoisotopic (exact) mass is 253 g/mol. The van der Waals surface area contributed by atoms with E-state index in [4.69, 9.17) is 9.84 Å². The first-order chi connectivity index (χ1) is 8.49. The molecular weight excluding hydrogens is 238 g/mol. The highest BCUT2D eigenvalue weighted by Crippen LogP contribution is 2.26. The SMILES string of the molecule is COC(=O)c1ccc(OC)c(NC(C)C(=O)O)c1. The van der Waals surface area contributed by atoms with Crippen LogP contribution in [-0.2, 0) is 9.53 Å². The van der Waals surface area contributed by atoms with Gasteiger partial charge in [0.15, 0.2) is 0 Å². The van der Waals surface area contributed by atoms with Crippen LogP contribution in [0, 0.1) is 0 Å². The third-order valence-corrected chi connectivity index (χ3v) is 2.36. The van der Waals surface area contributed by atoms with Gasteiger partial charge in [0, 0.05) is 0 Å². The molecule has 6 nitrogen and oxygen atoms in total. The second kappa shape index (κ2) is 5.90. The second-order valence-electron chi connectivity index (χ2n) is 3.61. The summed E-state index contributed by atoms with van der Waals surface area (Å²) in [5, 5.41) is 11.6. The van der Waals surface area contributed by atoms with Gasteiger partial charge in [-0.05, 0) is 25.1 Å². The second-order valence-corrected chi connectivity index (χ2v) is 3.61. The highest BCUT2D eigenvalue weighted by atomic mass is 16.5. The predicted octanol–water partition coefficient (Wildman–Crippen LogP) is 1.37. The molecule has 1 rings (SSSR count). The van der Waals surface area contributed by atoms with Gasteiger partial charge in [-0.15, -0.1) is 0 Å². The standard InChI is InChI=1S/C12H15NO5/c1-7(11(14)15)13-9-6-8(12(16)18-3)4-5-10(9)17-2/h4-7,13H,1-3H3,(H,14,15). The normalized spacial score (nSPS) is 11.5. The minimum Gasteiger partial charge on any atom is -0.495 e. The summed E-state index contributed by atoms with van der Waals surface area (Å²) in [7, 11) is 2.74. The first-order valence-corrected chi connectivity index (χ1v) is 5.25. The van der Waals surface area contributed by atoms with E-state index in [9.17, 15) is 9.59 Å². The molecule has 18 heavy (non-hydrogen) atoms. The largest absolute Gasteiger partial charge is 0.495 e. The Labute approximate surface area is 105 Å². The molecule has 1 unspecified atom stereocenters. The molecular formula is C12H15NO5. The Morgan fingerprint density at radius 2 is 2.00 bits per heavy atom. The van der Waals surface area contributed by atoms with Crippen LogP contribution in [0.25, 0.3) is 0 Å². The third-order valence-electron chi connectivity index (χ3n) is 2.36. The van der Waals surface area contributed by atoms with Gasteiger partial charge in [0.05, 0.1) is 25.5 Å². The van der Waals surface area contributed by atoms with E-state index in [1.807, 2.05) is 0 Å². The number of anilines is 1.